The second kappa shape index (κ2) is 4.34. The summed E-state index contributed by atoms with van der Waals surface area (Å²) >= 11 is 0. The summed E-state index contributed by atoms with van der Waals surface area (Å²) in [5.74, 6) is 0. The molecule has 0 amide bonds. The first-order valence-corrected chi connectivity index (χ1v) is 5.12. The molecule has 1 heterocycles. The van der Waals surface area contributed by atoms with Crippen molar-refractivity contribution < 1.29 is 5.48 Å². The van der Waals surface area contributed by atoms with E-state index in [1.54, 1.807) is 18.3 Å². The average Bonchev–Trinajstić information content (AvgIpc) is 2.78. The van der Waals surface area contributed by atoms with Crippen molar-refractivity contribution in [2.45, 2.75) is 13.5 Å². The normalized spacial score (nSPS) is 10.6. The Hall–Kier alpha value is -1.85. The summed E-state index contributed by atoms with van der Waals surface area (Å²) in [6, 6.07) is 5.40. The zero-order valence-electron chi connectivity index (χ0n) is 9.05. The lowest BCUT2D eigenvalue weighted by molar-refractivity contribution is -0.496. The van der Waals surface area contributed by atoms with Crippen LogP contribution in [0.25, 0.3) is 11.1 Å². The third-order valence-electron chi connectivity index (χ3n) is 2.50. The molecule has 0 saturated heterocycles. The topological polar surface area (TPSA) is 83.5 Å². The molecule has 0 fully saturated rings. The van der Waals surface area contributed by atoms with E-state index in [1.807, 2.05) is 23.9 Å². The van der Waals surface area contributed by atoms with Crippen molar-refractivity contribution in [3.05, 3.63) is 35.8 Å². The molecule has 5 nitrogen and oxygen atoms in total. The predicted octanol–water partition coefficient (Wildman–Crippen LogP) is 0.845. The van der Waals surface area contributed by atoms with Gasteiger partial charge in [0.15, 0.2) is 5.69 Å². The first-order chi connectivity index (χ1) is 7.74. The number of hydrogen-bond donors (Lipinski definition) is 2. The molecule has 0 atom stereocenters. The molecular formula is C11H14N4O. The summed E-state index contributed by atoms with van der Waals surface area (Å²) in [7, 11) is 0. The first-order valence-electron chi connectivity index (χ1n) is 5.12. The summed E-state index contributed by atoms with van der Waals surface area (Å²) in [4.78, 5) is 0. The number of quaternary nitrogens is 1. The molecule has 16 heavy (non-hydrogen) atoms. The Morgan fingerprint density at radius 1 is 1.44 bits per heavy atom. The minimum Gasteiger partial charge on any atom is -0.630 e. The fourth-order valence-corrected chi connectivity index (χ4v) is 1.54. The number of benzene rings is 1. The second-order valence-electron chi connectivity index (χ2n) is 3.55. The fraction of sp³-hybridized carbons (Fsp3) is 0.182. The minimum absolute atomic E-state index is 0.502. The highest BCUT2D eigenvalue weighted by molar-refractivity contribution is 5.71. The van der Waals surface area contributed by atoms with Crippen molar-refractivity contribution >= 4 is 11.4 Å². The molecular weight excluding hydrogens is 204 g/mol. The standard InChI is InChI=1S/C11H14N4O/c1-2-15-7-9(6-13-15)8-3-4-10(12)11(5-8)14-16/h3-7H,2,12,14H2,1H3. The van der Waals surface area contributed by atoms with Crippen LogP contribution in [-0.2, 0) is 6.54 Å². The molecule has 1 aromatic heterocycles. The third kappa shape index (κ3) is 1.91. The molecule has 1 aromatic carbocycles. The predicted molar refractivity (Wildman–Crippen MR) is 62.7 cm³/mol. The summed E-state index contributed by atoms with van der Waals surface area (Å²) in [5, 5.41) is 15.0. The minimum atomic E-state index is 0.502. The van der Waals surface area contributed by atoms with Crippen LogP contribution in [0.5, 0.6) is 0 Å². The van der Waals surface area contributed by atoms with E-state index in [9.17, 15) is 5.21 Å². The number of anilines is 1. The van der Waals surface area contributed by atoms with Gasteiger partial charge in [0, 0.05) is 24.4 Å². The number of aromatic nitrogens is 2. The van der Waals surface area contributed by atoms with Gasteiger partial charge >= 0.3 is 0 Å². The van der Waals surface area contributed by atoms with Gasteiger partial charge in [-0.2, -0.15) is 5.10 Å². The van der Waals surface area contributed by atoms with E-state index < -0.39 is 0 Å². The Balaban J connectivity index is 2.40. The molecule has 4 N–H and O–H groups in total. The van der Waals surface area contributed by atoms with Crippen molar-refractivity contribution in [3.8, 4) is 11.1 Å². The number of nitrogens with two attached hydrogens (primary N) is 2. The van der Waals surface area contributed by atoms with E-state index in [2.05, 4.69) is 5.10 Å². The number of aryl methyl sites for hydroxylation is 1. The lowest BCUT2D eigenvalue weighted by Gasteiger charge is -2.06. The highest BCUT2D eigenvalue weighted by Crippen LogP contribution is 2.24. The Morgan fingerprint density at radius 2 is 2.25 bits per heavy atom. The Bertz CT molecular complexity index is 492. The molecule has 0 aliphatic carbocycles. The smallest absolute Gasteiger partial charge is 0.153 e. The number of rotatable bonds is 3. The maximum absolute atomic E-state index is 10.8. The van der Waals surface area contributed by atoms with Gasteiger partial charge < -0.3 is 16.4 Å². The van der Waals surface area contributed by atoms with Crippen molar-refractivity contribution in [3.63, 3.8) is 0 Å². The summed E-state index contributed by atoms with van der Waals surface area (Å²) in [6.45, 7) is 2.85. The van der Waals surface area contributed by atoms with Gasteiger partial charge in [0.25, 0.3) is 0 Å². The zero-order valence-corrected chi connectivity index (χ0v) is 9.05. The summed E-state index contributed by atoms with van der Waals surface area (Å²) in [5.41, 5.74) is 9.39. The van der Waals surface area contributed by atoms with Crippen LogP contribution in [0.15, 0.2) is 30.6 Å². The van der Waals surface area contributed by atoms with Gasteiger partial charge in [-0.3, -0.25) is 4.68 Å². The van der Waals surface area contributed by atoms with Crippen LogP contribution in [0.2, 0.25) is 0 Å². The Kier molecular flexibility index (Phi) is 2.89. The second-order valence-corrected chi connectivity index (χ2v) is 3.55. The lowest BCUT2D eigenvalue weighted by atomic mass is 10.1. The Labute approximate surface area is 93.5 Å². The summed E-state index contributed by atoms with van der Waals surface area (Å²) < 4.78 is 1.84. The Morgan fingerprint density at radius 3 is 2.88 bits per heavy atom. The van der Waals surface area contributed by atoms with Crippen molar-refractivity contribution in [1.29, 1.82) is 0 Å². The van der Waals surface area contributed by atoms with Crippen molar-refractivity contribution in [1.82, 2.24) is 9.78 Å². The van der Waals surface area contributed by atoms with E-state index >= 15 is 0 Å². The molecule has 2 rings (SSSR count). The molecule has 84 valence electrons. The van der Waals surface area contributed by atoms with Crippen LogP contribution in [0.3, 0.4) is 0 Å². The van der Waals surface area contributed by atoms with Gasteiger partial charge in [-0.1, -0.05) is 6.07 Å². The molecule has 0 aliphatic rings. The maximum Gasteiger partial charge on any atom is 0.153 e. The highest BCUT2D eigenvalue weighted by atomic mass is 16.5. The van der Waals surface area contributed by atoms with Gasteiger partial charge in [-0.25, -0.2) is 0 Å². The van der Waals surface area contributed by atoms with Gasteiger partial charge in [0.2, 0.25) is 0 Å². The zero-order chi connectivity index (χ0) is 11.5. The van der Waals surface area contributed by atoms with Gasteiger partial charge in [-0.05, 0) is 18.6 Å². The van der Waals surface area contributed by atoms with E-state index in [4.69, 9.17) is 5.73 Å². The number of hydrogen-bond acceptors (Lipinski definition) is 3. The quantitative estimate of drug-likeness (QED) is 0.591. The van der Waals surface area contributed by atoms with Crippen LogP contribution in [-0.4, -0.2) is 9.78 Å². The van der Waals surface area contributed by atoms with E-state index in [0.717, 1.165) is 23.2 Å². The van der Waals surface area contributed by atoms with Crippen molar-refractivity contribution in [2.75, 3.05) is 5.73 Å². The monoisotopic (exact) mass is 218 g/mol. The van der Waals surface area contributed by atoms with E-state index in [-0.39, 0.29) is 0 Å². The largest absolute Gasteiger partial charge is 0.630 e. The third-order valence-corrected chi connectivity index (χ3v) is 2.50. The van der Waals surface area contributed by atoms with Crippen LogP contribution >= 0.6 is 0 Å². The fourth-order valence-electron chi connectivity index (χ4n) is 1.54. The van der Waals surface area contributed by atoms with Gasteiger partial charge in [0.1, 0.15) is 0 Å². The highest BCUT2D eigenvalue weighted by Gasteiger charge is 2.05. The number of nitrogens with zero attached hydrogens (tertiary/aromatic N) is 2. The molecule has 0 unspecified atom stereocenters. The first kappa shape index (κ1) is 10.7. The maximum atomic E-state index is 10.8. The van der Waals surface area contributed by atoms with Gasteiger partial charge in [0.05, 0.1) is 11.9 Å². The van der Waals surface area contributed by atoms with E-state index in [0.29, 0.717) is 11.4 Å². The lowest BCUT2D eigenvalue weighted by Crippen LogP contribution is -2.70. The molecule has 0 radical (unpaired) electrons. The van der Waals surface area contributed by atoms with Gasteiger partial charge in [-0.15, -0.1) is 0 Å². The van der Waals surface area contributed by atoms with Crippen LogP contribution in [0.4, 0.5) is 11.4 Å². The van der Waals surface area contributed by atoms with Crippen LogP contribution in [0, 0.1) is 5.21 Å². The number of nitrogen functional groups attached to an aromatic ring is 1. The molecule has 0 spiro atoms. The molecule has 5 heteroatoms. The van der Waals surface area contributed by atoms with Crippen LogP contribution < -0.4 is 11.2 Å². The average molecular weight is 218 g/mol. The van der Waals surface area contributed by atoms with Crippen LogP contribution in [0.1, 0.15) is 6.92 Å². The SMILES string of the molecule is CCn1cc(-c2ccc(N)c([NH2+][O-])c2)cn1. The molecule has 0 aliphatic heterocycles. The molecule has 0 saturated carbocycles. The van der Waals surface area contributed by atoms with E-state index in [1.165, 1.54) is 0 Å². The molecule has 0 bridgehead atoms. The van der Waals surface area contributed by atoms with Crippen molar-refractivity contribution in [2.24, 2.45) is 0 Å². The summed E-state index contributed by atoms with van der Waals surface area (Å²) in [6.07, 6.45) is 3.73. The molecule has 2 aromatic rings.